The van der Waals surface area contributed by atoms with Crippen molar-refractivity contribution in [3.63, 3.8) is 0 Å². The van der Waals surface area contributed by atoms with E-state index in [1.165, 1.54) is 12.1 Å². The third-order valence-electron chi connectivity index (χ3n) is 6.54. The molecule has 3 heterocycles. The smallest absolute Gasteiger partial charge is 0.407 e. The molecule has 0 radical (unpaired) electrons. The molecule has 0 atom stereocenters. The SMILES string of the molecule is Cc1c(CCOc2cc(F)ccc2-c2ccc3ncc(CCNC(=O)OC(C)(C)C)n3c2)c(CNS(C)(=O)=O)nn1C. The topological polar surface area (TPSA) is 129 Å². The molecule has 4 rings (SSSR count). The predicted molar refractivity (Wildman–Crippen MR) is 157 cm³/mol. The van der Waals surface area contributed by atoms with Crippen molar-refractivity contribution in [3.8, 4) is 16.9 Å². The average molecular weight is 601 g/mol. The lowest BCUT2D eigenvalue weighted by Gasteiger charge is -2.19. The minimum Gasteiger partial charge on any atom is -0.492 e. The zero-order chi connectivity index (χ0) is 30.7. The van der Waals surface area contributed by atoms with Crippen molar-refractivity contribution in [2.24, 2.45) is 7.05 Å². The molecular formula is C29H37FN6O5S. The number of amides is 1. The number of carbonyl (C=O) groups excluding carboxylic acids is 1. The van der Waals surface area contributed by atoms with Crippen LogP contribution in [-0.4, -0.2) is 58.7 Å². The molecule has 0 saturated carbocycles. The third kappa shape index (κ3) is 8.07. The van der Waals surface area contributed by atoms with Gasteiger partial charge in [0, 0.05) is 73.0 Å². The van der Waals surface area contributed by atoms with E-state index in [1.807, 2.05) is 50.4 Å². The summed E-state index contributed by atoms with van der Waals surface area (Å²) in [5.41, 5.74) is 4.92. The van der Waals surface area contributed by atoms with Gasteiger partial charge in [0.15, 0.2) is 0 Å². The number of carbonyl (C=O) groups is 1. The Hall–Kier alpha value is -3.97. The van der Waals surface area contributed by atoms with Crippen molar-refractivity contribution in [2.75, 3.05) is 19.4 Å². The van der Waals surface area contributed by atoms with Crippen LogP contribution < -0.4 is 14.8 Å². The van der Waals surface area contributed by atoms with Crippen LogP contribution in [0.25, 0.3) is 16.8 Å². The normalized spacial score (nSPS) is 12.1. The van der Waals surface area contributed by atoms with Gasteiger partial charge >= 0.3 is 6.09 Å². The Morgan fingerprint density at radius 3 is 2.62 bits per heavy atom. The van der Waals surface area contributed by atoms with Gasteiger partial charge in [0.25, 0.3) is 0 Å². The van der Waals surface area contributed by atoms with Crippen molar-refractivity contribution in [3.05, 3.63) is 71.2 Å². The van der Waals surface area contributed by atoms with Crippen molar-refractivity contribution in [1.82, 2.24) is 29.2 Å². The number of aromatic nitrogens is 4. The second-order valence-corrected chi connectivity index (χ2v) is 12.9. The lowest BCUT2D eigenvalue weighted by molar-refractivity contribution is 0.0528. The highest BCUT2D eigenvalue weighted by molar-refractivity contribution is 7.88. The van der Waals surface area contributed by atoms with Crippen molar-refractivity contribution >= 4 is 21.8 Å². The van der Waals surface area contributed by atoms with Gasteiger partial charge in [0.1, 0.15) is 22.8 Å². The quantitative estimate of drug-likeness (QED) is 0.267. The van der Waals surface area contributed by atoms with Gasteiger partial charge in [-0.1, -0.05) is 0 Å². The van der Waals surface area contributed by atoms with Crippen molar-refractivity contribution in [1.29, 1.82) is 0 Å². The highest BCUT2D eigenvalue weighted by atomic mass is 32.2. The fourth-order valence-electron chi connectivity index (χ4n) is 4.49. The second-order valence-electron chi connectivity index (χ2n) is 11.0. The minimum atomic E-state index is -3.38. The first-order valence-corrected chi connectivity index (χ1v) is 15.4. The molecule has 0 bridgehead atoms. The lowest BCUT2D eigenvalue weighted by Crippen LogP contribution is -2.33. The van der Waals surface area contributed by atoms with Crippen molar-refractivity contribution < 1.29 is 27.1 Å². The summed E-state index contributed by atoms with van der Waals surface area (Å²) in [6.45, 7) is 7.99. The maximum atomic E-state index is 14.3. The minimum absolute atomic E-state index is 0.0710. The fourth-order valence-corrected chi connectivity index (χ4v) is 4.89. The number of sulfonamides is 1. The van der Waals surface area contributed by atoms with Crippen LogP contribution in [0, 0.1) is 12.7 Å². The molecule has 0 unspecified atom stereocenters. The summed E-state index contributed by atoms with van der Waals surface area (Å²) in [6, 6.07) is 8.16. The van der Waals surface area contributed by atoms with E-state index in [9.17, 15) is 17.6 Å². The van der Waals surface area contributed by atoms with E-state index in [4.69, 9.17) is 9.47 Å². The Labute approximate surface area is 245 Å². The maximum absolute atomic E-state index is 14.3. The molecule has 1 amide bonds. The van der Waals surface area contributed by atoms with Crippen LogP contribution in [0.3, 0.4) is 0 Å². The van der Waals surface area contributed by atoms with E-state index in [2.05, 4.69) is 20.1 Å². The number of pyridine rings is 1. The monoisotopic (exact) mass is 600 g/mol. The summed E-state index contributed by atoms with van der Waals surface area (Å²) in [5, 5.41) is 7.19. The van der Waals surface area contributed by atoms with Crippen LogP contribution in [0.1, 0.15) is 43.4 Å². The maximum Gasteiger partial charge on any atom is 0.407 e. The zero-order valence-corrected chi connectivity index (χ0v) is 25.5. The first kappa shape index (κ1) is 31.0. The Kier molecular flexibility index (Phi) is 9.21. The Bertz CT molecular complexity index is 1690. The number of imidazole rings is 1. The summed E-state index contributed by atoms with van der Waals surface area (Å²) < 4.78 is 55.0. The van der Waals surface area contributed by atoms with Gasteiger partial charge in [-0.05, 0) is 52.0 Å². The average Bonchev–Trinajstić information content (AvgIpc) is 3.41. The molecule has 42 heavy (non-hydrogen) atoms. The largest absolute Gasteiger partial charge is 0.492 e. The molecule has 0 fully saturated rings. The van der Waals surface area contributed by atoms with Crippen LogP contribution in [0.4, 0.5) is 9.18 Å². The molecule has 4 aromatic rings. The van der Waals surface area contributed by atoms with Gasteiger partial charge in [-0.2, -0.15) is 5.10 Å². The molecule has 11 nitrogen and oxygen atoms in total. The van der Waals surface area contributed by atoms with Gasteiger partial charge < -0.3 is 19.2 Å². The van der Waals surface area contributed by atoms with E-state index >= 15 is 0 Å². The number of rotatable bonds is 11. The van der Waals surface area contributed by atoms with E-state index in [0.717, 1.165) is 34.4 Å². The fraction of sp³-hybridized carbons (Fsp3) is 0.414. The van der Waals surface area contributed by atoms with Crippen LogP contribution in [0.15, 0.2) is 42.7 Å². The summed E-state index contributed by atoms with van der Waals surface area (Å²) in [7, 11) is -1.59. The second kappa shape index (κ2) is 12.5. The standard InChI is InChI=1S/C29H37FN6O5S/c1-19-23(25(34-35(19)5)17-33-42(6,38)39)12-14-40-26-15-21(30)8-9-24(26)20-7-10-27-32-16-22(36(27)18-20)11-13-31-28(37)41-29(2,3)4/h7-10,15-16,18,33H,11-14,17H2,1-6H3,(H,31,37). The number of fused-ring (bicyclic) bond motifs is 1. The number of halogens is 1. The van der Waals surface area contributed by atoms with Gasteiger partial charge in [0.05, 0.1) is 25.1 Å². The molecule has 0 saturated heterocycles. The third-order valence-corrected chi connectivity index (χ3v) is 7.21. The number of hydrogen-bond donors (Lipinski definition) is 2. The van der Waals surface area contributed by atoms with Gasteiger partial charge in [0.2, 0.25) is 10.0 Å². The molecule has 1 aromatic carbocycles. The molecule has 226 valence electrons. The Morgan fingerprint density at radius 1 is 1.14 bits per heavy atom. The summed E-state index contributed by atoms with van der Waals surface area (Å²) in [4.78, 5) is 16.5. The summed E-state index contributed by atoms with van der Waals surface area (Å²) >= 11 is 0. The van der Waals surface area contributed by atoms with Gasteiger partial charge in [-0.15, -0.1) is 0 Å². The predicted octanol–water partition coefficient (Wildman–Crippen LogP) is 3.92. The Balaban J connectivity index is 1.50. The Morgan fingerprint density at radius 2 is 1.90 bits per heavy atom. The molecule has 0 aliphatic rings. The number of ether oxygens (including phenoxy) is 2. The molecule has 3 aromatic heterocycles. The number of nitrogens with zero attached hydrogens (tertiary/aromatic N) is 4. The molecule has 0 aliphatic carbocycles. The molecule has 0 spiro atoms. The lowest BCUT2D eigenvalue weighted by atomic mass is 10.1. The highest BCUT2D eigenvalue weighted by Gasteiger charge is 2.17. The molecule has 2 N–H and O–H groups in total. The molecule has 0 aliphatic heterocycles. The van der Waals surface area contributed by atoms with Crippen LogP contribution >= 0.6 is 0 Å². The summed E-state index contributed by atoms with van der Waals surface area (Å²) in [6.07, 6.45) is 5.26. The first-order chi connectivity index (χ1) is 19.7. The zero-order valence-electron chi connectivity index (χ0n) is 24.7. The van der Waals surface area contributed by atoms with Crippen molar-refractivity contribution in [2.45, 2.75) is 52.7 Å². The number of nitrogens with one attached hydrogen (secondary N) is 2. The van der Waals surface area contributed by atoms with Crippen LogP contribution in [0.2, 0.25) is 0 Å². The number of aryl methyl sites for hydroxylation is 1. The molecular weight excluding hydrogens is 563 g/mol. The van der Waals surface area contributed by atoms with E-state index in [0.29, 0.717) is 36.4 Å². The number of alkyl carbamates (subject to hydrolysis) is 1. The van der Waals surface area contributed by atoms with E-state index < -0.39 is 27.5 Å². The summed E-state index contributed by atoms with van der Waals surface area (Å²) in [5.74, 6) is -0.0538. The van der Waals surface area contributed by atoms with Gasteiger partial charge in [-0.3, -0.25) is 4.68 Å². The van der Waals surface area contributed by atoms with Crippen LogP contribution in [0.5, 0.6) is 5.75 Å². The van der Waals surface area contributed by atoms with Gasteiger partial charge in [-0.25, -0.2) is 27.3 Å². The highest BCUT2D eigenvalue weighted by Crippen LogP contribution is 2.32. The molecule has 13 heteroatoms. The number of benzene rings is 1. The number of hydrogen-bond acceptors (Lipinski definition) is 7. The van der Waals surface area contributed by atoms with E-state index in [1.54, 1.807) is 24.0 Å². The van der Waals surface area contributed by atoms with E-state index in [-0.39, 0.29) is 13.2 Å². The van der Waals surface area contributed by atoms with Crippen LogP contribution in [-0.2, 0) is 41.2 Å². The first-order valence-electron chi connectivity index (χ1n) is 13.5.